The number of sulfonamides is 1. The van der Waals surface area contributed by atoms with Gasteiger partial charge in [-0.25, -0.2) is 4.98 Å². The van der Waals surface area contributed by atoms with Crippen LogP contribution in [-0.2, 0) is 29.5 Å². The number of nitrogens with zero attached hydrogens (tertiary/aromatic N) is 1. The number of rotatable bonds is 8. The van der Waals surface area contributed by atoms with Crippen molar-refractivity contribution in [2.45, 2.75) is 62.7 Å². The molecular weight excluding hydrogens is 525 g/mol. The van der Waals surface area contributed by atoms with Crippen LogP contribution in [0.3, 0.4) is 0 Å². The minimum atomic E-state index is -5.50. The van der Waals surface area contributed by atoms with Crippen LogP contribution in [0.4, 0.5) is 18.9 Å². The van der Waals surface area contributed by atoms with Crippen molar-refractivity contribution in [1.82, 2.24) is 4.98 Å². The maximum absolute atomic E-state index is 12.7. The van der Waals surface area contributed by atoms with Gasteiger partial charge in [0.25, 0.3) is 0 Å². The number of thiazole rings is 1. The number of aromatic nitrogens is 1. The molecule has 6 nitrogen and oxygen atoms in total. The first kappa shape index (κ1) is 26.0. The normalized spacial score (nSPS) is 20.2. The number of hydrogen-bond acceptors (Lipinski definition) is 6. The molecule has 3 aromatic rings. The highest BCUT2D eigenvalue weighted by molar-refractivity contribution is 7.93. The Balaban J connectivity index is 1.24. The number of anilines is 1. The van der Waals surface area contributed by atoms with E-state index in [0.717, 1.165) is 28.2 Å². The molecule has 1 fully saturated rings. The highest BCUT2D eigenvalue weighted by Crippen LogP contribution is 2.39. The molecule has 2 aromatic carbocycles. The van der Waals surface area contributed by atoms with E-state index in [9.17, 15) is 26.7 Å². The molecule has 37 heavy (non-hydrogen) atoms. The molecule has 1 heterocycles. The zero-order valence-electron chi connectivity index (χ0n) is 19.9. The fraction of sp³-hybridized carbons (Fsp3) is 0.423. The summed E-state index contributed by atoms with van der Waals surface area (Å²) in [4.78, 5) is 4.69. The minimum absolute atomic E-state index is 0.168. The molecule has 0 spiro atoms. The predicted octanol–water partition coefficient (Wildman–Crippen LogP) is 6.09. The van der Waals surface area contributed by atoms with E-state index in [1.165, 1.54) is 37.5 Å². The molecule has 0 radical (unpaired) electrons. The molecule has 2 atom stereocenters. The van der Waals surface area contributed by atoms with E-state index in [2.05, 4.69) is 5.38 Å². The first-order valence-electron chi connectivity index (χ1n) is 12.1. The Kier molecular flexibility index (Phi) is 7.21. The van der Waals surface area contributed by atoms with Gasteiger partial charge in [0.05, 0.1) is 11.8 Å². The molecule has 0 bridgehead atoms. The SMILES string of the molecule is O=S(=O)(Nc1cccc(CC2CCc3ccc(OCc4nc(C5CCC5)cs4)cc3C2O)c1)C(F)(F)F. The van der Waals surface area contributed by atoms with E-state index >= 15 is 0 Å². The van der Waals surface area contributed by atoms with Crippen molar-refractivity contribution in [3.8, 4) is 5.75 Å². The van der Waals surface area contributed by atoms with Gasteiger partial charge in [-0.05, 0) is 79.0 Å². The molecule has 1 aromatic heterocycles. The number of nitrogens with one attached hydrogen (secondary N) is 1. The van der Waals surface area contributed by atoms with Crippen molar-refractivity contribution in [3.05, 3.63) is 75.2 Å². The standard InChI is InChI=1S/C26H27F3N2O4S2/c27-26(28,29)37(33,34)31-20-6-1-3-16(12-20)11-19-8-7-17-9-10-21(13-22(17)25(19)32)35-14-24-30-23(15-36-24)18-4-2-5-18/h1,3,6,9-10,12-13,15,18-19,25,31-32H,2,4-5,7-8,11,14H2. The van der Waals surface area contributed by atoms with Gasteiger partial charge in [0, 0.05) is 17.0 Å². The van der Waals surface area contributed by atoms with Gasteiger partial charge in [-0.15, -0.1) is 11.3 Å². The highest BCUT2D eigenvalue weighted by Gasteiger charge is 2.46. The second-order valence-electron chi connectivity index (χ2n) is 9.64. The lowest BCUT2D eigenvalue weighted by molar-refractivity contribution is -0.0429. The molecular formula is C26H27F3N2O4S2. The lowest BCUT2D eigenvalue weighted by Gasteiger charge is -2.30. The molecule has 11 heteroatoms. The van der Waals surface area contributed by atoms with Crippen LogP contribution < -0.4 is 9.46 Å². The molecule has 0 aliphatic heterocycles. The second kappa shape index (κ2) is 10.3. The first-order valence-corrected chi connectivity index (χ1v) is 14.5. The lowest BCUT2D eigenvalue weighted by atomic mass is 9.78. The van der Waals surface area contributed by atoms with Crippen molar-refractivity contribution in [1.29, 1.82) is 0 Å². The Bertz CT molecular complexity index is 1370. The quantitative estimate of drug-likeness (QED) is 0.353. The topological polar surface area (TPSA) is 88.5 Å². The number of halogens is 3. The summed E-state index contributed by atoms with van der Waals surface area (Å²) in [7, 11) is -5.50. The molecule has 2 aliphatic carbocycles. The summed E-state index contributed by atoms with van der Waals surface area (Å²) < 4.78 is 68.6. The summed E-state index contributed by atoms with van der Waals surface area (Å²) in [6.07, 6.45) is 4.69. The average molecular weight is 553 g/mol. The molecule has 5 rings (SSSR count). The Morgan fingerprint density at radius 2 is 1.95 bits per heavy atom. The zero-order valence-corrected chi connectivity index (χ0v) is 21.5. The van der Waals surface area contributed by atoms with E-state index < -0.39 is 21.6 Å². The maximum Gasteiger partial charge on any atom is 0.516 e. The Hall–Kier alpha value is -2.63. The highest BCUT2D eigenvalue weighted by atomic mass is 32.2. The van der Waals surface area contributed by atoms with Crippen molar-refractivity contribution in [2.24, 2.45) is 5.92 Å². The monoisotopic (exact) mass is 552 g/mol. The van der Waals surface area contributed by atoms with Crippen LogP contribution in [0.5, 0.6) is 5.75 Å². The summed E-state index contributed by atoms with van der Waals surface area (Å²) in [5.74, 6) is 1.04. The molecule has 2 N–H and O–H groups in total. The van der Waals surface area contributed by atoms with Crippen LogP contribution in [0, 0.1) is 5.92 Å². The summed E-state index contributed by atoms with van der Waals surface area (Å²) in [5, 5.41) is 14.1. The number of fused-ring (bicyclic) bond motifs is 1. The zero-order chi connectivity index (χ0) is 26.2. The lowest BCUT2D eigenvalue weighted by Crippen LogP contribution is -2.30. The number of aliphatic hydroxyl groups excluding tert-OH is 1. The number of aliphatic hydroxyl groups is 1. The molecule has 1 saturated carbocycles. The van der Waals surface area contributed by atoms with E-state index in [0.29, 0.717) is 36.7 Å². The van der Waals surface area contributed by atoms with Crippen LogP contribution in [-0.4, -0.2) is 24.0 Å². The third kappa shape index (κ3) is 5.78. The summed E-state index contributed by atoms with van der Waals surface area (Å²) in [6, 6.07) is 11.5. The van der Waals surface area contributed by atoms with E-state index in [1.54, 1.807) is 22.1 Å². The summed E-state index contributed by atoms with van der Waals surface area (Å²) in [6.45, 7) is 0.357. The maximum atomic E-state index is 12.7. The van der Waals surface area contributed by atoms with Crippen LogP contribution in [0.2, 0.25) is 0 Å². The van der Waals surface area contributed by atoms with Gasteiger partial charge < -0.3 is 9.84 Å². The largest absolute Gasteiger partial charge is 0.516 e. The van der Waals surface area contributed by atoms with Crippen LogP contribution in [0.25, 0.3) is 0 Å². The average Bonchev–Trinajstić information content (AvgIpc) is 3.26. The molecule has 198 valence electrons. The van der Waals surface area contributed by atoms with E-state index in [1.807, 2.05) is 18.2 Å². The Morgan fingerprint density at radius 1 is 1.14 bits per heavy atom. The molecule has 0 saturated heterocycles. The van der Waals surface area contributed by atoms with Gasteiger partial charge in [0.2, 0.25) is 0 Å². The van der Waals surface area contributed by atoms with Gasteiger partial charge in [-0.3, -0.25) is 4.72 Å². The predicted molar refractivity (Wildman–Crippen MR) is 135 cm³/mol. The molecule has 2 aliphatic rings. The van der Waals surface area contributed by atoms with Crippen molar-refractivity contribution in [2.75, 3.05) is 4.72 Å². The van der Waals surface area contributed by atoms with Crippen molar-refractivity contribution < 1.29 is 31.4 Å². The van der Waals surface area contributed by atoms with Crippen LogP contribution in [0.15, 0.2) is 47.8 Å². The van der Waals surface area contributed by atoms with Gasteiger partial charge in [-0.1, -0.05) is 24.6 Å². The third-order valence-electron chi connectivity index (χ3n) is 7.10. The van der Waals surface area contributed by atoms with Gasteiger partial charge in [0.15, 0.2) is 0 Å². The number of aryl methyl sites for hydroxylation is 1. The van der Waals surface area contributed by atoms with E-state index in [4.69, 9.17) is 9.72 Å². The van der Waals surface area contributed by atoms with Crippen LogP contribution >= 0.6 is 11.3 Å². The van der Waals surface area contributed by atoms with Gasteiger partial charge in [0.1, 0.15) is 17.4 Å². The summed E-state index contributed by atoms with van der Waals surface area (Å²) >= 11 is 1.59. The fourth-order valence-electron chi connectivity index (χ4n) is 4.84. The van der Waals surface area contributed by atoms with E-state index in [-0.39, 0.29) is 11.6 Å². The number of alkyl halides is 3. The Morgan fingerprint density at radius 3 is 2.68 bits per heavy atom. The van der Waals surface area contributed by atoms with Crippen molar-refractivity contribution in [3.63, 3.8) is 0 Å². The second-order valence-corrected chi connectivity index (χ2v) is 12.3. The summed E-state index contributed by atoms with van der Waals surface area (Å²) in [5.41, 5.74) is -1.98. The third-order valence-corrected chi connectivity index (χ3v) is 9.06. The molecule has 0 amide bonds. The van der Waals surface area contributed by atoms with Crippen molar-refractivity contribution >= 4 is 27.0 Å². The Labute approximate surface area is 217 Å². The smallest absolute Gasteiger partial charge is 0.486 e. The molecule has 2 unspecified atom stereocenters. The van der Waals surface area contributed by atoms with Gasteiger partial charge in [-0.2, -0.15) is 21.6 Å². The first-order chi connectivity index (χ1) is 17.6. The van der Waals surface area contributed by atoms with Gasteiger partial charge >= 0.3 is 15.5 Å². The number of ether oxygens (including phenoxy) is 1. The number of hydrogen-bond donors (Lipinski definition) is 2. The van der Waals surface area contributed by atoms with Crippen LogP contribution in [0.1, 0.15) is 65.1 Å². The number of benzene rings is 2. The fourth-order valence-corrected chi connectivity index (χ4v) is 6.18. The minimum Gasteiger partial charge on any atom is -0.486 e.